The fourth-order valence-corrected chi connectivity index (χ4v) is 0.655. The summed E-state index contributed by atoms with van der Waals surface area (Å²) in [4.78, 5) is 10.7. The number of ketones is 1. The van der Waals surface area contributed by atoms with Gasteiger partial charge in [-0.15, -0.1) is 11.6 Å². The summed E-state index contributed by atoms with van der Waals surface area (Å²) in [6.45, 7) is 0. The Morgan fingerprint density at radius 1 is 1.78 bits per heavy atom. The average Bonchev–Trinajstić information content (AvgIpc) is 2.37. The number of furan rings is 1. The topological polar surface area (TPSA) is 30.2 Å². The van der Waals surface area contributed by atoms with Gasteiger partial charge in [0.1, 0.15) is 6.26 Å². The van der Waals surface area contributed by atoms with Crippen molar-refractivity contribution in [2.24, 2.45) is 0 Å². The van der Waals surface area contributed by atoms with Crippen LogP contribution in [0.2, 0.25) is 0 Å². The molecule has 0 fully saturated rings. The number of carbonyl (C=O) groups is 1. The van der Waals surface area contributed by atoms with Crippen molar-refractivity contribution in [3.63, 3.8) is 0 Å². The first kappa shape index (κ1) is 6.36. The van der Waals surface area contributed by atoms with Gasteiger partial charge in [-0.05, 0) is 6.07 Å². The number of rotatable bonds is 2. The Kier molecular flexibility index (Phi) is 1.90. The second-order valence-corrected chi connectivity index (χ2v) is 1.84. The van der Waals surface area contributed by atoms with E-state index in [1.54, 1.807) is 6.07 Å². The molecule has 0 saturated carbocycles. The third-order valence-electron chi connectivity index (χ3n) is 0.965. The lowest BCUT2D eigenvalue weighted by molar-refractivity contribution is 0.102. The number of halogens is 1. The molecular formula is C6H5ClO2. The lowest BCUT2D eigenvalue weighted by Crippen LogP contribution is -1.96. The zero-order valence-electron chi connectivity index (χ0n) is 4.63. The molecule has 2 nitrogen and oxygen atoms in total. The molecule has 0 N–H and O–H groups in total. The van der Waals surface area contributed by atoms with Crippen LogP contribution < -0.4 is 0 Å². The summed E-state index contributed by atoms with van der Waals surface area (Å²) < 4.78 is 4.66. The number of hydrogen-bond donors (Lipinski definition) is 0. The predicted octanol–water partition coefficient (Wildman–Crippen LogP) is 1.70. The molecule has 0 unspecified atom stereocenters. The molecule has 0 saturated heterocycles. The van der Waals surface area contributed by atoms with Crippen LogP contribution in [0.25, 0.3) is 0 Å². The van der Waals surface area contributed by atoms with Gasteiger partial charge in [-0.3, -0.25) is 4.79 Å². The lowest BCUT2D eigenvalue weighted by Gasteiger charge is -1.83. The van der Waals surface area contributed by atoms with E-state index in [1.807, 2.05) is 0 Å². The molecule has 0 radical (unpaired) electrons. The van der Waals surface area contributed by atoms with Gasteiger partial charge in [-0.1, -0.05) is 0 Å². The van der Waals surface area contributed by atoms with E-state index in [0.29, 0.717) is 5.56 Å². The van der Waals surface area contributed by atoms with E-state index in [-0.39, 0.29) is 11.7 Å². The SMILES string of the molecule is O=C(CCl)c1ccoc1. The largest absolute Gasteiger partial charge is 0.472 e. The first-order valence-corrected chi connectivity index (χ1v) is 2.99. The second kappa shape index (κ2) is 2.69. The normalized spacial score (nSPS) is 9.44. The summed E-state index contributed by atoms with van der Waals surface area (Å²) in [5.41, 5.74) is 0.532. The molecule has 48 valence electrons. The minimum Gasteiger partial charge on any atom is -0.472 e. The smallest absolute Gasteiger partial charge is 0.180 e. The fraction of sp³-hybridized carbons (Fsp3) is 0.167. The molecule has 0 bridgehead atoms. The van der Waals surface area contributed by atoms with Crippen molar-refractivity contribution >= 4 is 17.4 Å². The van der Waals surface area contributed by atoms with E-state index in [2.05, 4.69) is 4.42 Å². The van der Waals surface area contributed by atoms with Crippen LogP contribution in [0.15, 0.2) is 23.0 Å². The van der Waals surface area contributed by atoms with Gasteiger partial charge in [0.2, 0.25) is 0 Å². The van der Waals surface area contributed by atoms with Crippen molar-refractivity contribution in [1.82, 2.24) is 0 Å². The van der Waals surface area contributed by atoms with Gasteiger partial charge < -0.3 is 4.42 Å². The number of Topliss-reactive ketones (excluding diaryl/α,β-unsaturated/α-hetero) is 1. The molecule has 0 amide bonds. The van der Waals surface area contributed by atoms with Gasteiger partial charge in [0.05, 0.1) is 17.7 Å². The van der Waals surface area contributed by atoms with Gasteiger partial charge in [0.15, 0.2) is 5.78 Å². The van der Waals surface area contributed by atoms with Crippen LogP contribution in [-0.4, -0.2) is 11.7 Å². The Balaban J connectivity index is 2.77. The highest BCUT2D eigenvalue weighted by Gasteiger charge is 2.02. The van der Waals surface area contributed by atoms with Gasteiger partial charge in [0, 0.05) is 0 Å². The molecule has 1 aromatic heterocycles. The van der Waals surface area contributed by atoms with Crippen LogP contribution in [0.5, 0.6) is 0 Å². The second-order valence-electron chi connectivity index (χ2n) is 1.57. The summed E-state index contributed by atoms with van der Waals surface area (Å²) >= 11 is 5.25. The zero-order valence-corrected chi connectivity index (χ0v) is 5.39. The summed E-state index contributed by atoms with van der Waals surface area (Å²) in [6.07, 6.45) is 2.82. The highest BCUT2D eigenvalue weighted by molar-refractivity contribution is 6.30. The Morgan fingerprint density at radius 3 is 3.00 bits per heavy atom. The van der Waals surface area contributed by atoms with Crippen LogP contribution in [0.4, 0.5) is 0 Å². The maximum Gasteiger partial charge on any atom is 0.180 e. The van der Waals surface area contributed by atoms with Gasteiger partial charge in [-0.2, -0.15) is 0 Å². The molecule has 0 aromatic carbocycles. The standard InChI is InChI=1S/C6H5ClO2/c7-3-6(8)5-1-2-9-4-5/h1-2,4H,3H2. The molecular weight excluding hydrogens is 140 g/mol. The highest BCUT2D eigenvalue weighted by Crippen LogP contribution is 2.01. The molecule has 1 rings (SSSR count). The summed E-state index contributed by atoms with van der Waals surface area (Å²) in [7, 11) is 0. The highest BCUT2D eigenvalue weighted by atomic mass is 35.5. The Morgan fingerprint density at radius 2 is 2.56 bits per heavy atom. The molecule has 0 aliphatic rings. The number of carbonyl (C=O) groups excluding carboxylic acids is 1. The molecule has 0 aliphatic heterocycles. The van der Waals surface area contributed by atoms with Crippen molar-refractivity contribution in [1.29, 1.82) is 0 Å². The quantitative estimate of drug-likeness (QED) is 0.467. The van der Waals surface area contributed by atoms with Crippen LogP contribution in [0.3, 0.4) is 0 Å². The zero-order chi connectivity index (χ0) is 6.69. The van der Waals surface area contributed by atoms with E-state index in [0.717, 1.165) is 0 Å². The Hall–Kier alpha value is -0.760. The van der Waals surface area contributed by atoms with Crippen molar-refractivity contribution in [3.8, 4) is 0 Å². The molecule has 3 heteroatoms. The minimum atomic E-state index is -0.106. The van der Waals surface area contributed by atoms with Crippen LogP contribution in [-0.2, 0) is 0 Å². The van der Waals surface area contributed by atoms with E-state index < -0.39 is 0 Å². The van der Waals surface area contributed by atoms with Crippen molar-refractivity contribution in [2.45, 2.75) is 0 Å². The monoisotopic (exact) mass is 144 g/mol. The molecule has 1 heterocycles. The first-order valence-electron chi connectivity index (χ1n) is 2.46. The van der Waals surface area contributed by atoms with Crippen molar-refractivity contribution in [2.75, 3.05) is 5.88 Å². The van der Waals surface area contributed by atoms with Gasteiger partial charge in [0.25, 0.3) is 0 Å². The van der Waals surface area contributed by atoms with Gasteiger partial charge >= 0.3 is 0 Å². The average molecular weight is 145 g/mol. The predicted molar refractivity (Wildman–Crippen MR) is 33.8 cm³/mol. The van der Waals surface area contributed by atoms with Crippen LogP contribution in [0, 0.1) is 0 Å². The summed E-state index contributed by atoms with van der Waals surface area (Å²) in [5, 5.41) is 0. The van der Waals surface area contributed by atoms with E-state index in [4.69, 9.17) is 11.6 Å². The van der Waals surface area contributed by atoms with E-state index >= 15 is 0 Å². The van der Waals surface area contributed by atoms with Crippen LogP contribution in [0.1, 0.15) is 10.4 Å². The third kappa shape index (κ3) is 1.33. The maximum absolute atomic E-state index is 10.7. The molecule has 1 aromatic rings. The molecule has 9 heavy (non-hydrogen) atoms. The summed E-state index contributed by atoms with van der Waals surface area (Å²) in [6, 6.07) is 1.59. The fourth-order valence-electron chi connectivity index (χ4n) is 0.500. The minimum absolute atomic E-state index is 0.0134. The Labute approximate surface area is 57.4 Å². The van der Waals surface area contributed by atoms with Crippen LogP contribution >= 0.6 is 11.6 Å². The first-order chi connectivity index (χ1) is 4.34. The van der Waals surface area contributed by atoms with Crippen molar-refractivity contribution in [3.05, 3.63) is 24.2 Å². The van der Waals surface area contributed by atoms with Crippen molar-refractivity contribution < 1.29 is 9.21 Å². The number of hydrogen-bond acceptors (Lipinski definition) is 2. The Bertz CT molecular complexity index is 191. The maximum atomic E-state index is 10.7. The molecule has 0 spiro atoms. The van der Waals surface area contributed by atoms with E-state index in [1.165, 1.54) is 12.5 Å². The van der Waals surface area contributed by atoms with E-state index in [9.17, 15) is 4.79 Å². The lowest BCUT2D eigenvalue weighted by atomic mass is 10.2. The molecule has 0 aliphatic carbocycles. The van der Waals surface area contributed by atoms with Gasteiger partial charge in [-0.25, -0.2) is 0 Å². The summed E-state index contributed by atoms with van der Waals surface area (Å²) in [5.74, 6) is -0.0927. The third-order valence-corrected chi connectivity index (χ3v) is 1.21. The molecule has 0 atom stereocenters. The number of alkyl halides is 1.